The number of carbonyl (C=O) groups excluding carboxylic acids is 9. The number of carboxylic acid groups (broad SMARTS) is 1. The molecule has 97 heavy (non-hydrogen) atoms. The number of nitrogens with one attached hydrogen (secondary N) is 3. The monoisotopic (exact) mass is 1350 g/mol. The van der Waals surface area contributed by atoms with Crippen LogP contribution in [0.2, 0.25) is 0 Å². The molecular weight excluding hydrogens is 1260 g/mol. The Morgan fingerprint density at radius 3 is 1.26 bits per heavy atom. The van der Waals surface area contributed by atoms with Crippen LogP contribution in [0.3, 0.4) is 0 Å². The highest BCUT2D eigenvalue weighted by Crippen LogP contribution is 2.31. The normalized spacial score (nSPS) is 16.3. The third-order valence-corrected chi connectivity index (χ3v) is 15.2. The topological polar surface area (TPSA) is 316 Å². The number of piperazine rings is 2. The van der Waals surface area contributed by atoms with Crippen molar-refractivity contribution in [3.05, 3.63) is 119 Å². The number of amides is 7. The van der Waals surface area contributed by atoms with E-state index in [4.69, 9.17) is 29.8 Å². The minimum Gasteiger partial charge on any atom is -0.480 e. The van der Waals surface area contributed by atoms with Crippen molar-refractivity contribution in [2.45, 2.75) is 104 Å². The highest BCUT2D eigenvalue weighted by molar-refractivity contribution is 5.99. The van der Waals surface area contributed by atoms with Crippen molar-refractivity contribution in [2.75, 3.05) is 139 Å². The number of benzene rings is 4. The van der Waals surface area contributed by atoms with Gasteiger partial charge >= 0.3 is 30.3 Å². The van der Waals surface area contributed by atoms with Crippen LogP contribution in [0.15, 0.2) is 84.9 Å². The van der Waals surface area contributed by atoms with E-state index in [0.29, 0.717) is 106 Å². The summed E-state index contributed by atoms with van der Waals surface area (Å²) in [5.41, 5.74) is 8.56. The van der Waals surface area contributed by atoms with E-state index in [-0.39, 0.29) is 87.7 Å². The van der Waals surface area contributed by atoms with Gasteiger partial charge in [-0.1, -0.05) is 48.5 Å². The van der Waals surface area contributed by atoms with Crippen LogP contribution in [0.4, 0.5) is 50.7 Å². The van der Waals surface area contributed by atoms with Crippen molar-refractivity contribution >= 4 is 82.4 Å². The lowest BCUT2D eigenvalue weighted by atomic mass is 10.0. The maximum atomic E-state index is 15.3. The third-order valence-electron chi connectivity index (χ3n) is 15.2. The molecule has 4 aromatic carbocycles. The summed E-state index contributed by atoms with van der Waals surface area (Å²) in [4.78, 5) is 134. The first kappa shape index (κ1) is 76.5. The summed E-state index contributed by atoms with van der Waals surface area (Å²) in [5, 5.41) is 16.0. The largest absolute Gasteiger partial charge is 0.480 e. The number of hydrogen-bond acceptors (Lipinski definition) is 19. The summed E-state index contributed by atoms with van der Waals surface area (Å²) in [6, 6.07) is 23.1. The number of alkyl carbamates (subject to hydrolysis) is 2. The number of nitrogens with zero attached hydrogens (tertiary/aromatic N) is 8. The molecule has 4 saturated heterocycles. The molecule has 2 atom stereocenters. The van der Waals surface area contributed by atoms with Crippen LogP contribution in [-0.4, -0.2) is 228 Å². The highest BCUT2D eigenvalue weighted by Gasteiger charge is 2.36. The van der Waals surface area contributed by atoms with Crippen molar-refractivity contribution in [2.24, 2.45) is 5.73 Å². The van der Waals surface area contributed by atoms with E-state index in [1.807, 2.05) is 23.9 Å². The molecule has 6 N–H and O–H groups in total. The number of likely N-dealkylation sites (N-methyl/N-ethyl adjacent to an activating group) is 2. The van der Waals surface area contributed by atoms with E-state index >= 15 is 8.78 Å². The van der Waals surface area contributed by atoms with Crippen LogP contribution >= 0.6 is 0 Å². The second kappa shape index (κ2) is 35.5. The molecule has 29 heteroatoms. The maximum Gasteiger partial charge on any atom is 0.414 e. The van der Waals surface area contributed by atoms with Gasteiger partial charge in [0.1, 0.15) is 35.0 Å². The van der Waals surface area contributed by atoms with Gasteiger partial charge in [0.05, 0.1) is 62.0 Å². The van der Waals surface area contributed by atoms with Crippen LogP contribution in [0.25, 0.3) is 0 Å². The van der Waals surface area contributed by atoms with Gasteiger partial charge in [-0.25, -0.2) is 28.0 Å². The second-order valence-electron chi connectivity index (χ2n) is 26.1. The Morgan fingerprint density at radius 2 is 0.928 bits per heavy atom. The fourth-order valence-corrected chi connectivity index (χ4v) is 10.4. The van der Waals surface area contributed by atoms with Gasteiger partial charge in [0.15, 0.2) is 11.6 Å². The molecule has 8 rings (SSSR count). The SMILES string of the molecule is CC(C)(C)OC(=O)NC[C@H]1CN(c2ccc(N3CCN(C(=O)CCC(=O)c4ccc(CN)cc4)CC3)c(F)c2)C(=O)O1.CN(C)CC(=O)NCc1ccc(C(=O)CCC(=O)N2CCN(c3ccc(N4C[C@H](CNC(=O)OC(C)(C)C)OC4=O)cc3F)CC2)cc1.CN(C)CC(=O)O. The predicted octanol–water partition coefficient (Wildman–Crippen LogP) is 6.24. The highest BCUT2D eigenvalue weighted by atomic mass is 19.1. The van der Waals surface area contributed by atoms with E-state index in [1.54, 1.807) is 148 Å². The Balaban J connectivity index is 0.000000281. The first-order valence-corrected chi connectivity index (χ1v) is 32.0. The summed E-state index contributed by atoms with van der Waals surface area (Å²) >= 11 is 0. The van der Waals surface area contributed by atoms with Crippen LogP contribution in [0.5, 0.6) is 0 Å². The van der Waals surface area contributed by atoms with Gasteiger partial charge in [-0.05, 0) is 117 Å². The Kier molecular flexibility index (Phi) is 28.0. The number of halogens is 2. The summed E-state index contributed by atoms with van der Waals surface area (Å²) in [5.74, 6) is -2.37. The average molecular weight is 1360 g/mol. The van der Waals surface area contributed by atoms with E-state index in [0.717, 1.165) is 11.1 Å². The quantitative estimate of drug-likeness (QED) is 0.0405. The predicted molar refractivity (Wildman–Crippen MR) is 359 cm³/mol. The fraction of sp³-hybridized carbons (Fsp3) is 0.500. The Hall–Kier alpha value is -9.48. The van der Waals surface area contributed by atoms with Gasteiger partial charge in [0, 0.05) is 102 Å². The number of Topliss-reactive ketones (excluding diaryl/α,β-unsaturated/α-hetero) is 2. The molecule has 7 amide bonds. The number of carbonyl (C=O) groups is 10. The molecule has 4 aliphatic rings. The molecule has 0 spiro atoms. The van der Waals surface area contributed by atoms with Crippen LogP contribution < -0.4 is 41.3 Å². The van der Waals surface area contributed by atoms with Gasteiger partial charge in [0.2, 0.25) is 17.7 Å². The number of rotatable bonds is 23. The molecule has 528 valence electrons. The Labute approximate surface area is 564 Å². The number of aliphatic carboxylic acids is 1. The van der Waals surface area contributed by atoms with Gasteiger partial charge < -0.3 is 70.2 Å². The van der Waals surface area contributed by atoms with Gasteiger partial charge in [0.25, 0.3) is 0 Å². The zero-order valence-corrected chi connectivity index (χ0v) is 57.0. The second-order valence-corrected chi connectivity index (χ2v) is 26.1. The van der Waals surface area contributed by atoms with Gasteiger partial charge in [-0.15, -0.1) is 0 Å². The van der Waals surface area contributed by atoms with Crippen molar-refractivity contribution in [1.82, 2.24) is 35.6 Å². The smallest absolute Gasteiger partial charge is 0.414 e. The third kappa shape index (κ3) is 24.9. The first-order valence-electron chi connectivity index (χ1n) is 32.0. The standard InChI is InChI=1S/C34H45FN6O7.C30H38FN5O6.C4H9NO2/c1-34(2,3)48-32(45)37-20-26-21-41(33(46)47-26)25-10-11-28(27(35)18-25)39-14-16-40(17-15-39)31(44)13-12-29(42)24-8-6-23(7-9-24)19-36-30(43)22-38(4)5;1-30(2,3)42-28(39)33-18-23-19-36(29(40)41-23)22-8-9-25(24(31)16-22)34-12-14-35(15-13-34)27(38)11-10-26(37)21-6-4-20(17-32)5-7-21;1-5(2)3-4(6)7/h6-11,18,26H,12-17,19-22H2,1-5H3,(H,36,43)(H,37,45);4-9,16,23H,10-15,17-19,32H2,1-3H3,(H,33,39);3H2,1-2H3,(H,6,7)/t26-;23-;/m00./s1. The van der Waals surface area contributed by atoms with Crippen LogP contribution in [0.1, 0.15) is 99.1 Å². The van der Waals surface area contributed by atoms with E-state index in [2.05, 4.69) is 16.0 Å². The lowest BCUT2D eigenvalue weighted by Gasteiger charge is -2.36. The zero-order valence-electron chi connectivity index (χ0n) is 57.0. The number of nitrogens with two attached hydrogens (primary N) is 1. The van der Waals surface area contributed by atoms with Crippen molar-refractivity contribution in [3.63, 3.8) is 0 Å². The number of hydrogen-bond donors (Lipinski definition) is 5. The van der Waals surface area contributed by atoms with E-state index < -0.39 is 65.4 Å². The molecule has 27 nitrogen and oxygen atoms in total. The van der Waals surface area contributed by atoms with Crippen molar-refractivity contribution in [1.29, 1.82) is 0 Å². The Bertz CT molecular complexity index is 3400. The van der Waals surface area contributed by atoms with Gasteiger partial charge in [-0.3, -0.25) is 43.5 Å². The molecule has 4 heterocycles. The van der Waals surface area contributed by atoms with E-state index in [1.165, 1.54) is 21.9 Å². The molecule has 0 aromatic heterocycles. The molecule has 0 bridgehead atoms. The summed E-state index contributed by atoms with van der Waals surface area (Å²) in [6.45, 7) is 15.3. The molecule has 4 aromatic rings. The lowest BCUT2D eigenvalue weighted by Crippen LogP contribution is -2.49. The number of ketones is 2. The maximum absolute atomic E-state index is 15.3. The van der Waals surface area contributed by atoms with Gasteiger partial charge in [-0.2, -0.15) is 0 Å². The first-order chi connectivity index (χ1) is 45.7. The number of ether oxygens (including phenoxy) is 4. The molecule has 0 radical (unpaired) electrons. The minimum absolute atomic E-state index is 0.0572. The number of carboxylic acids is 1. The summed E-state index contributed by atoms with van der Waals surface area (Å²) in [7, 11) is 7.07. The summed E-state index contributed by atoms with van der Waals surface area (Å²) in [6.07, 6.45) is -3.35. The Morgan fingerprint density at radius 1 is 0.546 bits per heavy atom. The summed E-state index contributed by atoms with van der Waals surface area (Å²) < 4.78 is 51.5. The zero-order chi connectivity index (χ0) is 71.3. The van der Waals surface area contributed by atoms with E-state index in [9.17, 15) is 47.9 Å². The van der Waals surface area contributed by atoms with Crippen LogP contribution in [-0.2, 0) is 51.2 Å². The van der Waals surface area contributed by atoms with Crippen molar-refractivity contribution in [3.8, 4) is 0 Å². The lowest BCUT2D eigenvalue weighted by molar-refractivity contribution is -0.137. The molecule has 0 saturated carbocycles. The molecule has 0 aliphatic carbocycles. The average Bonchev–Trinajstić information content (AvgIpc) is 1.75. The molecular formula is C68H92F2N12O15. The van der Waals surface area contributed by atoms with Crippen molar-refractivity contribution < 1.29 is 80.8 Å². The van der Waals surface area contributed by atoms with Crippen LogP contribution in [0, 0.1) is 11.6 Å². The molecule has 4 aliphatic heterocycles. The number of anilines is 4. The minimum atomic E-state index is -0.787. The molecule has 0 unspecified atom stereocenters. The number of cyclic esters (lactones) is 2. The molecule has 4 fully saturated rings. The fourth-order valence-electron chi connectivity index (χ4n) is 10.4.